The summed E-state index contributed by atoms with van der Waals surface area (Å²) >= 11 is 0. The molecule has 0 fully saturated rings. The maximum atomic E-state index is 12.2. The smallest absolute Gasteiger partial charge is 0.281 e. The highest BCUT2D eigenvalue weighted by atomic mass is 32.2. The molecule has 0 aromatic heterocycles. The predicted molar refractivity (Wildman–Crippen MR) is 75.9 cm³/mol. The van der Waals surface area contributed by atoms with Gasteiger partial charge in [0, 0.05) is 33.8 Å². The van der Waals surface area contributed by atoms with Crippen molar-refractivity contribution in [2.75, 3.05) is 27.2 Å². The summed E-state index contributed by atoms with van der Waals surface area (Å²) in [4.78, 5) is 0. The van der Waals surface area contributed by atoms with Gasteiger partial charge in [-0.05, 0) is 18.9 Å². The Hall–Kier alpha value is -0.950. The van der Waals surface area contributed by atoms with E-state index in [1.54, 1.807) is 7.05 Å². The third-order valence-corrected chi connectivity index (χ3v) is 4.79. The fourth-order valence-electron chi connectivity index (χ4n) is 1.80. The van der Waals surface area contributed by atoms with Crippen molar-refractivity contribution >= 4 is 10.2 Å². The standard InChI is InChI=1S/C13H22N2O3S/c1-12-6-4-7-13(10-12)11-15(3)19(17,18)14(2)8-5-9-16/h4,6-7,10,16H,5,8-9,11H2,1-3H3. The van der Waals surface area contributed by atoms with Crippen LogP contribution in [-0.2, 0) is 16.8 Å². The van der Waals surface area contributed by atoms with Gasteiger partial charge in [0.1, 0.15) is 0 Å². The van der Waals surface area contributed by atoms with Crippen molar-refractivity contribution in [3.05, 3.63) is 35.4 Å². The molecular weight excluding hydrogens is 264 g/mol. The summed E-state index contributed by atoms with van der Waals surface area (Å²) in [5, 5.41) is 8.75. The van der Waals surface area contributed by atoms with Crippen LogP contribution in [0.1, 0.15) is 17.5 Å². The lowest BCUT2D eigenvalue weighted by atomic mass is 10.1. The summed E-state index contributed by atoms with van der Waals surface area (Å²) in [6, 6.07) is 7.78. The van der Waals surface area contributed by atoms with Crippen molar-refractivity contribution in [1.82, 2.24) is 8.61 Å². The zero-order chi connectivity index (χ0) is 14.5. The van der Waals surface area contributed by atoms with E-state index in [1.807, 2.05) is 31.2 Å². The summed E-state index contributed by atoms with van der Waals surface area (Å²) in [6.07, 6.45) is 0.439. The molecule has 0 aliphatic rings. The molecule has 1 N–H and O–H groups in total. The van der Waals surface area contributed by atoms with Crippen LogP contribution in [0.5, 0.6) is 0 Å². The molecule has 0 spiro atoms. The third kappa shape index (κ3) is 4.58. The first-order valence-corrected chi connectivity index (χ1v) is 7.61. The van der Waals surface area contributed by atoms with Crippen LogP contribution in [0.4, 0.5) is 0 Å². The molecule has 0 atom stereocenters. The summed E-state index contributed by atoms with van der Waals surface area (Å²) in [5.41, 5.74) is 2.07. The Morgan fingerprint density at radius 3 is 2.47 bits per heavy atom. The van der Waals surface area contributed by atoms with Crippen LogP contribution in [0.15, 0.2) is 24.3 Å². The minimum Gasteiger partial charge on any atom is -0.396 e. The quantitative estimate of drug-likeness (QED) is 0.813. The molecule has 5 nitrogen and oxygen atoms in total. The van der Waals surface area contributed by atoms with Crippen molar-refractivity contribution in [2.24, 2.45) is 0 Å². The van der Waals surface area contributed by atoms with Gasteiger partial charge in [0.15, 0.2) is 0 Å². The number of benzene rings is 1. The highest BCUT2D eigenvalue weighted by molar-refractivity contribution is 7.86. The zero-order valence-corrected chi connectivity index (χ0v) is 12.5. The van der Waals surface area contributed by atoms with E-state index >= 15 is 0 Å². The molecule has 0 bridgehead atoms. The SMILES string of the molecule is Cc1cccc(CN(C)S(=O)(=O)N(C)CCCO)c1. The van der Waals surface area contributed by atoms with E-state index in [0.717, 1.165) is 11.1 Å². The molecule has 0 radical (unpaired) electrons. The molecule has 0 heterocycles. The molecule has 6 heteroatoms. The fourth-order valence-corrected chi connectivity index (χ4v) is 2.94. The Balaban J connectivity index is 2.73. The average molecular weight is 286 g/mol. The van der Waals surface area contributed by atoms with E-state index in [9.17, 15) is 8.42 Å². The Morgan fingerprint density at radius 1 is 1.21 bits per heavy atom. The van der Waals surface area contributed by atoms with E-state index in [-0.39, 0.29) is 6.61 Å². The molecule has 0 aliphatic heterocycles. The number of hydrogen-bond donors (Lipinski definition) is 1. The maximum Gasteiger partial charge on any atom is 0.281 e. The Morgan fingerprint density at radius 2 is 1.89 bits per heavy atom. The van der Waals surface area contributed by atoms with Gasteiger partial charge in [-0.2, -0.15) is 17.0 Å². The van der Waals surface area contributed by atoms with Crippen LogP contribution in [0.25, 0.3) is 0 Å². The summed E-state index contributed by atoms with van der Waals surface area (Å²) < 4.78 is 27.0. The summed E-state index contributed by atoms with van der Waals surface area (Å²) in [6.45, 7) is 2.62. The molecule has 0 amide bonds. The zero-order valence-electron chi connectivity index (χ0n) is 11.7. The average Bonchev–Trinajstić information content (AvgIpc) is 2.35. The molecule has 1 aromatic carbocycles. The molecule has 19 heavy (non-hydrogen) atoms. The van der Waals surface area contributed by atoms with Crippen LogP contribution >= 0.6 is 0 Å². The van der Waals surface area contributed by atoms with Gasteiger partial charge in [-0.3, -0.25) is 0 Å². The number of aliphatic hydroxyl groups excluding tert-OH is 1. The van der Waals surface area contributed by atoms with Crippen LogP contribution in [0.2, 0.25) is 0 Å². The molecule has 1 aromatic rings. The van der Waals surface area contributed by atoms with Gasteiger partial charge in [0.2, 0.25) is 0 Å². The van der Waals surface area contributed by atoms with Crippen molar-refractivity contribution in [1.29, 1.82) is 0 Å². The Kier molecular flexibility index (Phi) is 5.93. The van der Waals surface area contributed by atoms with Gasteiger partial charge in [0.05, 0.1) is 0 Å². The molecule has 0 aliphatic carbocycles. The number of nitrogens with zero attached hydrogens (tertiary/aromatic N) is 2. The third-order valence-electron chi connectivity index (χ3n) is 2.91. The van der Waals surface area contributed by atoms with Crippen molar-refractivity contribution in [3.63, 3.8) is 0 Å². The van der Waals surface area contributed by atoms with E-state index in [0.29, 0.717) is 19.5 Å². The van der Waals surface area contributed by atoms with Crippen LogP contribution in [-0.4, -0.2) is 49.4 Å². The molecular formula is C13H22N2O3S. The van der Waals surface area contributed by atoms with Crippen LogP contribution in [0.3, 0.4) is 0 Å². The lowest BCUT2D eigenvalue weighted by Gasteiger charge is -2.24. The Labute approximate surface area is 115 Å². The van der Waals surface area contributed by atoms with E-state index in [4.69, 9.17) is 5.11 Å². The van der Waals surface area contributed by atoms with Gasteiger partial charge in [-0.25, -0.2) is 0 Å². The molecule has 0 saturated carbocycles. The molecule has 108 valence electrons. The highest BCUT2D eigenvalue weighted by Gasteiger charge is 2.23. The van der Waals surface area contributed by atoms with Crippen molar-refractivity contribution in [3.8, 4) is 0 Å². The van der Waals surface area contributed by atoms with E-state index in [2.05, 4.69) is 0 Å². The van der Waals surface area contributed by atoms with E-state index in [1.165, 1.54) is 15.7 Å². The second kappa shape index (κ2) is 7.00. The van der Waals surface area contributed by atoms with Crippen LogP contribution in [0, 0.1) is 6.92 Å². The number of hydrogen-bond acceptors (Lipinski definition) is 3. The normalized spacial score (nSPS) is 12.3. The number of aryl methyl sites for hydroxylation is 1. The monoisotopic (exact) mass is 286 g/mol. The van der Waals surface area contributed by atoms with Crippen molar-refractivity contribution in [2.45, 2.75) is 19.9 Å². The summed E-state index contributed by atoms with van der Waals surface area (Å²) in [5.74, 6) is 0. The second-order valence-electron chi connectivity index (χ2n) is 4.65. The largest absolute Gasteiger partial charge is 0.396 e. The predicted octanol–water partition coefficient (Wildman–Crippen LogP) is 0.986. The first kappa shape index (κ1) is 16.1. The van der Waals surface area contributed by atoms with Crippen LogP contribution < -0.4 is 0 Å². The summed E-state index contributed by atoms with van der Waals surface area (Å²) in [7, 11) is -0.379. The highest BCUT2D eigenvalue weighted by Crippen LogP contribution is 2.11. The van der Waals surface area contributed by atoms with Gasteiger partial charge in [-0.1, -0.05) is 29.8 Å². The minimum atomic E-state index is -3.47. The van der Waals surface area contributed by atoms with Gasteiger partial charge in [-0.15, -0.1) is 0 Å². The van der Waals surface area contributed by atoms with Gasteiger partial charge < -0.3 is 5.11 Å². The van der Waals surface area contributed by atoms with E-state index < -0.39 is 10.2 Å². The Bertz CT molecular complexity index is 502. The number of rotatable bonds is 7. The molecule has 0 saturated heterocycles. The minimum absolute atomic E-state index is 0.0124. The lowest BCUT2D eigenvalue weighted by molar-refractivity contribution is 0.272. The van der Waals surface area contributed by atoms with Gasteiger partial charge in [0.25, 0.3) is 10.2 Å². The maximum absolute atomic E-state index is 12.2. The first-order chi connectivity index (χ1) is 8.87. The fraction of sp³-hybridized carbons (Fsp3) is 0.538. The molecule has 0 unspecified atom stereocenters. The lowest BCUT2D eigenvalue weighted by Crippen LogP contribution is -2.39. The molecule has 1 rings (SSSR count). The van der Waals surface area contributed by atoms with Gasteiger partial charge >= 0.3 is 0 Å². The first-order valence-electron chi connectivity index (χ1n) is 6.22. The topological polar surface area (TPSA) is 60.9 Å². The number of aliphatic hydroxyl groups is 1. The van der Waals surface area contributed by atoms with Crippen molar-refractivity contribution < 1.29 is 13.5 Å². The second-order valence-corrected chi connectivity index (χ2v) is 6.79.